The molecule has 0 radical (unpaired) electrons. The van der Waals surface area contributed by atoms with Gasteiger partial charge in [-0.05, 0) is 36.4 Å². The third-order valence-corrected chi connectivity index (χ3v) is 2.85. The molecule has 2 aromatic rings. The summed E-state index contributed by atoms with van der Waals surface area (Å²) in [5.74, 6) is -0.981. The van der Waals surface area contributed by atoms with Crippen LogP contribution in [0.25, 0.3) is 0 Å². The fourth-order valence-corrected chi connectivity index (χ4v) is 1.78. The monoisotopic (exact) mass is 279 g/mol. The van der Waals surface area contributed by atoms with E-state index >= 15 is 0 Å². The Kier molecular flexibility index (Phi) is 3.57. The van der Waals surface area contributed by atoms with E-state index in [4.69, 9.17) is 23.1 Å². The molecule has 0 spiro atoms. The van der Waals surface area contributed by atoms with E-state index in [0.29, 0.717) is 22.6 Å². The van der Waals surface area contributed by atoms with Crippen molar-refractivity contribution in [2.24, 2.45) is 5.73 Å². The lowest BCUT2D eigenvalue weighted by Crippen LogP contribution is -2.11. The summed E-state index contributed by atoms with van der Waals surface area (Å²) >= 11 is 5.90. The van der Waals surface area contributed by atoms with Crippen LogP contribution >= 0.6 is 11.6 Å². The van der Waals surface area contributed by atoms with Crippen LogP contribution in [0.5, 0.6) is 0 Å². The Bertz CT molecular complexity index is 646. The molecule has 5 N–H and O–H groups in total. The number of primary amides is 1. The van der Waals surface area contributed by atoms with E-state index in [1.165, 1.54) is 24.3 Å². The minimum absolute atomic E-state index is 0.235. The third-order valence-electron chi connectivity index (χ3n) is 2.54. The minimum atomic E-state index is -0.557. The summed E-state index contributed by atoms with van der Waals surface area (Å²) < 4.78 is 12.9. The summed E-state index contributed by atoms with van der Waals surface area (Å²) in [5, 5.41) is 3.19. The number of hydrogen-bond donors (Lipinski definition) is 3. The normalized spacial score (nSPS) is 10.2. The zero-order chi connectivity index (χ0) is 14.0. The van der Waals surface area contributed by atoms with Crippen molar-refractivity contribution >= 4 is 34.6 Å². The first-order chi connectivity index (χ1) is 8.97. The van der Waals surface area contributed by atoms with Crippen molar-refractivity contribution in [3.63, 3.8) is 0 Å². The SMILES string of the molecule is NC(=O)c1ccc(Nc2ccc(F)cc2Cl)c(N)c1. The van der Waals surface area contributed by atoms with Gasteiger partial charge in [-0.15, -0.1) is 0 Å². The second-order valence-corrected chi connectivity index (χ2v) is 4.32. The summed E-state index contributed by atoms with van der Waals surface area (Å²) in [6, 6.07) is 8.58. The lowest BCUT2D eigenvalue weighted by molar-refractivity contribution is 0.100. The molecule has 4 nitrogen and oxygen atoms in total. The fourth-order valence-electron chi connectivity index (χ4n) is 1.57. The highest BCUT2D eigenvalue weighted by Gasteiger charge is 2.07. The van der Waals surface area contributed by atoms with E-state index in [1.54, 1.807) is 12.1 Å². The van der Waals surface area contributed by atoms with E-state index in [0.717, 1.165) is 0 Å². The number of nitrogen functional groups attached to an aromatic ring is 1. The summed E-state index contributed by atoms with van der Waals surface area (Å²) in [4.78, 5) is 11.0. The molecular weight excluding hydrogens is 269 g/mol. The molecule has 0 aliphatic rings. The van der Waals surface area contributed by atoms with Gasteiger partial charge in [-0.2, -0.15) is 0 Å². The lowest BCUT2D eigenvalue weighted by Gasteiger charge is -2.11. The van der Waals surface area contributed by atoms with Crippen LogP contribution in [0.4, 0.5) is 21.5 Å². The molecule has 0 saturated heterocycles. The molecule has 2 rings (SSSR count). The predicted molar refractivity (Wildman–Crippen MR) is 74.1 cm³/mol. The van der Waals surface area contributed by atoms with Gasteiger partial charge in [0.05, 0.1) is 22.1 Å². The van der Waals surface area contributed by atoms with Gasteiger partial charge < -0.3 is 16.8 Å². The maximum Gasteiger partial charge on any atom is 0.248 e. The van der Waals surface area contributed by atoms with Crippen LogP contribution in [0.2, 0.25) is 5.02 Å². The van der Waals surface area contributed by atoms with Gasteiger partial charge >= 0.3 is 0 Å². The number of nitrogens with one attached hydrogen (secondary N) is 1. The van der Waals surface area contributed by atoms with E-state index in [1.807, 2.05) is 0 Å². The van der Waals surface area contributed by atoms with Crippen LogP contribution in [-0.4, -0.2) is 5.91 Å². The van der Waals surface area contributed by atoms with Gasteiger partial charge in [-0.3, -0.25) is 4.79 Å². The van der Waals surface area contributed by atoms with Crippen molar-refractivity contribution in [3.8, 4) is 0 Å². The molecule has 0 unspecified atom stereocenters. The molecule has 19 heavy (non-hydrogen) atoms. The summed E-state index contributed by atoms with van der Waals surface area (Å²) in [6.07, 6.45) is 0. The number of halogens is 2. The first-order valence-electron chi connectivity index (χ1n) is 5.39. The molecule has 6 heteroatoms. The summed E-state index contributed by atoms with van der Waals surface area (Å²) in [5.41, 5.74) is 12.7. The molecule has 0 aliphatic heterocycles. The van der Waals surface area contributed by atoms with Crippen LogP contribution in [0, 0.1) is 5.82 Å². The Balaban J connectivity index is 2.31. The molecule has 0 saturated carbocycles. The molecule has 2 aromatic carbocycles. The number of amides is 1. The zero-order valence-corrected chi connectivity index (χ0v) is 10.5. The number of rotatable bonds is 3. The lowest BCUT2D eigenvalue weighted by atomic mass is 10.1. The van der Waals surface area contributed by atoms with Gasteiger partial charge in [-0.25, -0.2) is 4.39 Å². The first kappa shape index (κ1) is 13.2. The van der Waals surface area contributed by atoms with Gasteiger partial charge in [0.2, 0.25) is 5.91 Å². The molecule has 0 aromatic heterocycles. The average Bonchev–Trinajstić information content (AvgIpc) is 2.34. The predicted octanol–water partition coefficient (Wildman–Crippen LogP) is 2.90. The van der Waals surface area contributed by atoms with Crippen LogP contribution in [-0.2, 0) is 0 Å². The standard InChI is InChI=1S/C13H11ClFN3O/c14-9-6-8(15)2-4-11(9)18-12-3-1-7(13(17)19)5-10(12)16/h1-6,18H,16H2,(H2,17,19). The van der Waals surface area contributed by atoms with Crippen molar-refractivity contribution in [1.82, 2.24) is 0 Å². The van der Waals surface area contributed by atoms with Crippen molar-refractivity contribution in [2.45, 2.75) is 0 Å². The molecule has 0 bridgehead atoms. The van der Waals surface area contributed by atoms with Crippen LogP contribution < -0.4 is 16.8 Å². The maximum atomic E-state index is 12.9. The molecule has 0 atom stereocenters. The van der Waals surface area contributed by atoms with E-state index < -0.39 is 11.7 Å². The number of benzene rings is 2. The van der Waals surface area contributed by atoms with Crippen molar-refractivity contribution in [2.75, 3.05) is 11.1 Å². The van der Waals surface area contributed by atoms with Gasteiger partial charge in [-0.1, -0.05) is 11.6 Å². The Morgan fingerprint density at radius 1 is 1.16 bits per heavy atom. The van der Waals surface area contributed by atoms with Gasteiger partial charge in [0.1, 0.15) is 5.82 Å². The van der Waals surface area contributed by atoms with E-state index in [-0.39, 0.29) is 5.02 Å². The van der Waals surface area contributed by atoms with Gasteiger partial charge in [0, 0.05) is 5.56 Å². The van der Waals surface area contributed by atoms with Crippen molar-refractivity contribution in [1.29, 1.82) is 0 Å². The number of nitrogens with two attached hydrogens (primary N) is 2. The number of anilines is 3. The highest BCUT2D eigenvalue weighted by molar-refractivity contribution is 6.33. The smallest absolute Gasteiger partial charge is 0.248 e. The molecule has 0 heterocycles. The summed E-state index contributed by atoms with van der Waals surface area (Å²) in [6.45, 7) is 0. The first-order valence-corrected chi connectivity index (χ1v) is 5.76. The molecule has 0 aliphatic carbocycles. The minimum Gasteiger partial charge on any atom is -0.397 e. The van der Waals surface area contributed by atoms with Crippen molar-refractivity contribution < 1.29 is 9.18 Å². The molecule has 0 fully saturated rings. The van der Waals surface area contributed by atoms with Crippen LogP contribution in [0.1, 0.15) is 10.4 Å². The van der Waals surface area contributed by atoms with E-state index in [9.17, 15) is 9.18 Å². The Morgan fingerprint density at radius 2 is 1.84 bits per heavy atom. The van der Waals surface area contributed by atoms with Crippen molar-refractivity contribution in [3.05, 3.63) is 52.8 Å². The largest absolute Gasteiger partial charge is 0.397 e. The number of hydrogen-bond acceptors (Lipinski definition) is 3. The Labute approximate surface area is 114 Å². The number of carbonyl (C=O) groups excluding carboxylic acids is 1. The summed E-state index contributed by atoms with van der Waals surface area (Å²) in [7, 11) is 0. The average molecular weight is 280 g/mol. The van der Waals surface area contributed by atoms with E-state index in [2.05, 4.69) is 5.32 Å². The quantitative estimate of drug-likeness (QED) is 0.756. The second-order valence-electron chi connectivity index (χ2n) is 3.92. The highest BCUT2D eigenvalue weighted by atomic mass is 35.5. The Hall–Kier alpha value is -2.27. The number of carbonyl (C=O) groups is 1. The van der Waals surface area contributed by atoms with Crippen LogP contribution in [0.15, 0.2) is 36.4 Å². The maximum absolute atomic E-state index is 12.9. The van der Waals surface area contributed by atoms with Crippen LogP contribution in [0.3, 0.4) is 0 Å². The molecule has 1 amide bonds. The fraction of sp³-hybridized carbons (Fsp3) is 0. The Morgan fingerprint density at radius 3 is 2.42 bits per heavy atom. The molecular formula is C13H11ClFN3O. The highest BCUT2D eigenvalue weighted by Crippen LogP contribution is 2.29. The molecule has 98 valence electrons. The topological polar surface area (TPSA) is 81.1 Å². The zero-order valence-electron chi connectivity index (χ0n) is 9.78. The second kappa shape index (κ2) is 5.16. The van der Waals surface area contributed by atoms with Gasteiger partial charge in [0.25, 0.3) is 0 Å². The third kappa shape index (κ3) is 2.95. The van der Waals surface area contributed by atoms with Gasteiger partial charge in [0.15, 0.2) is 0 Å².